The van der Waals surface area contributed by atoms with Crippen LogP contribution in [0.3, 0.4) is 0 Å². The van der Waals surface area contributed by atoms with E-state index in [9.17, 15) is 9.59 Å². The van der Waals surface area contributed by atoms with Crippen molar-refractivity contribution in [3.8, 4) is 0 Å². The molecule has 3 heteroatoms. The smallest absolute Gasteiger partial charge is 0.251 e. The molecule has 1 rings (SSSR count). The zero-order chi connectivity index (χ0) is 9.68. The summed E-state index contributed by atoms with van der Waals surface area (Å²) in [7, 11) is 0. The van der Waals surface area contributed by atoms with Crippen LogP contribution in [0.2, 0.25) is 0 Å². The molecule has 0 bridgehead atoms. The lowest BCUT2D eigenvalue weighted by Gasteiger charge is -2.05. The maximum Gasteiger partial charge on any atom is 0.251 e. The highest BCUT2D eigenvalue weighted by Gasteiger charge is 2.10. The van der Waals surface area contributed by atoms with E-state index in [1.165, 1.54) is 6.08 Å². The standard InChI is InChI=1S/C10H11NO2/c1-2-6-11-10(13)8-4-3-5-9(12)7-8/h2-4,7H,1,5-6H2,(H,11,13). The number of carbonyl (C=O) groups is 2. The fourth-order valence-electron chi connectivity index (χ4n) is 0.991. The molecule has 68 valence electrons. The van der Waals surface area contributed by atoms with Gasteiger partial charge in [-0.1, -0.05) is 18.2 Å². The van der Waals surface area contributed by atoms with Crippen LogP contribution in [-0.2, 0) is 9.59 Å². The quantitative estimate of drug-likeness (QED) is 0.646. The van der Waals surface area contributed by atoms with Crippen molar-refractivity contribution in [3.05, 3.63) is 36.5 Å². The Morgan fingerprint density at radius 1 is 1.69 bits per heavy atom. The monoisotopic (exact) mass is 177 g/mol. The van der Waals surface area contributed by atoms with Crippen molar-refractivity contribution in [2.24, 2.45) is 0 Å². The lowest BCUT2D eigenvalue weighted by Crippen LogP contribution is -2.25. The Morgan fingerprint density at radius 3 is 3.08 bits per heavy atom. The largest absolute Gasteiger partial charge is 0.349 e. The highest BCUT2D eigenvalue weighted by molar-refractivity contribution is 6.05. The average molecular weight is 177 g/mol. The van der Waals surface area contributed by atoms with Crippen LogP contribution in [0.4, 0.5) is 0 Å². The van der Waals surface area contributed by atoms with E-state index in [-0.39, 0.29) is 11.7 Å². The normalized spacial score (nSPS) is 15.1. The first kappa shape index (κ1) is 9.45. The number of rotatable bonds is 3. The Morgan fingerprint density at radius 2 is 2.46 bits per heavy atom. The first-order valence-corrected chi connectivity index (χ1v) is 4.04. The molecule has 0 aliphatic heterocycles. The summed E-state index contributed by atoms with van der Waals surface area (Å²) in [6.45, 7) is 3.89. The summed E-state index contributed by atoms with van der Waals surface area (Å²) < 4.78 is 0. The van der Waals surface area contributed by atoms with E-state index in [4.69, 9.17) is 0 Å². The summed E-state index contributed by atoms with van der Waals surface area (Å²) in [5.41, 5.74) is 0.415. The number of hydrogen-bond acceptors (Lipinski definition) is 2. The van der Waals surface area contributed by atoms with Gasteiger partial charge in [0.05, 0.1) is 0 Å². The van der Waals surface area contributed by atoms with Crippen LogP contribution < -0.4 is 5.32 Å². The van der Waals surface area contributed by atoms with Crippen molar-refractivity contribution in [1.82, 2.24) is 5.32 Å². The zero-order valence-corrected chi connectivity index (χ0v) is 7.25. The van der Waals surface area contributed by atoms with Gasteiger partial charge in [0.2, 0.25) is 0 Å². The van der Waals surface area contributed by atoms with Crippen molar-refractivity contribution in [1.29, 1.82) is 0 Å². The number of amides is 1. The lowest BCUT2D eigenvalue weighted by molar-refractivity contribution is -0.118. The van der Waals surface area contributed by atoms with E-state index in [0.29, 0.717) is 18.5 Å². The highest BCUT2D eigenvalue weighted by atomic mass is 16.2. The molecular weight excluding hydrogens is 166 g/mol. The molecule has 0 unspecified atom stereocenters. The van der Waals surface area contributed by atoms with Gasteiger partial charge in [0.15, 0.2) is 5.78 Å². The van der Waals surface area contributed by atoms with Gasteiger partial charge < -0.3 is 5.32 Å². The van der Waals surface area contributed by atoms with Crippen LogP contribution in [0.25, 0.3) is 0 Å². The lowest BCUT2D eigenvalue weighted by atomic mass is 10.1. The molecule has 0 spiro atoms. The van der Waals surface area contributed by atoms with Gasteiger partial charge in [0.1, 0.15) is 0 Å². The highest BCUT2D eigenvalue weighted by Crippen LogP contribution is 2.06. The minimum Gasteiger partial charge on any atom is -0.349 e. The maximum atomic E-state index is 11.3. The van der Waals surface area contributed by atoms with E-state index >= 15 is 0 Å². The van der Waals surface area contributed by atoms with Gasteiger partial charge in [-0.25, -0.2) is 0 Å². The minimum atomic E-state index is -0.232. The van der Waals surface area contributed by atoms with Gasteiger partial charge in [0, 0.05) is 18.5 Å². The molecule has 1 N–H and O–H groups in total. The fourth-order valence-corrected chi connectivity index (χ4v) is 0.991. The predicted molar refractivity (Wildman–Crippen MR) is 50.1 cm³/mol. The molecule has 1 amide bonds. The third-order valence-electron chi connectivity index (χ3n) is 1.60. The zero-order valence-electron chi connectivity index (χ0n) is 7.25. The van der Waals surface area contributed by atoms with Gasteiger partial charge in [-0.3, -0.25) is 9.59 Å². The number of nitrogens with one attached hydrogen (secondary N) is 1. The Bertz CT molecular complexity index is 300. The molecule has 3 nitrogen and oxygen atoms in total. The summed E-state index contributed by atoms with van der Waals surface area (Å²) in [4.78, 5) is 22.2. The van der Waals surface area contributed by atoms with Crippen LogP contribution in [0.1, 0.15) is 6.42 Å². The van der Waals surface area contributed by atoms with Crippen molar-refractivity contribution in [2.45, 2.75) is 6.42 Å². The van der Waals surface area contributed by atoms with Crippen LogP contribution >= 0.6 is 0 Å². The third kappa shape index (κ3) is 2.71. The molecule has 1 aliphatic carbocycles. The van der Waals surface area contributed by atoms with Crippen molar-refractivity contribution in [2.75, 3.05) is 6.54 Å². The summed E-state index contributed by atoms with van der Waals surface area (Å²) in [5.74, 6) is -0.268. The summed E-state index contributed by atoms with van der Waals surface area (Å²) in [5, 5.41) is 2.59. The minimum absolute atomic E-state index is 0.0359. The first-order chi connectivity index (χ1) is 6.24. The molecule has 0 saturated heterocycles. The van der Waals surface area contributed by atoms with Gasteiger partial charge in [-0.05, 0) is 6.08 Å². The molecular formula is C10H11NO2. The molecule has 13 heavy (non-hydrogen) atoms. The summed E-state index contributed by atoms with van der Waals surface area (Å²) >= 11 is 0. The molecule has 1 aliphatic rings. The van der Waals surface area contributed by atoms with Crippen molar-refractivity contribution in [3.63, 3.8) is 0 Å². The molecule has 0 saturated carbocycles. The van der Waals surface area contributed by atoms with E-state index in [2.05, 4.69) is 11.9 Å². The Hall–Kier alpha value is -1.64. The molecule has 0 fully saturated rings. The van der Waals surface area contributed by atoms with E-state index in [1.54, 1.807) is 18.2 Å². The molecule has 0 aromatic heterocycles. The molecule has 0 aromatic rings. The number of carbonyl (C=O) groups excluding carboxylic acids is 2. The van der Waals surface area contributed by atoms with Crippen molar-refractivity contribution < 1.29 is 9.59 Å². The van der Waals surface area contributed by atoms with Crippen LogP contribution in [-0.4, -0.2) is 18.2 Å². The molecule has 0 aromatic carbocycles. The second-order valence-electron chi connectivity index (χ2n) is 2.67. The second-order valence-corrected chi connectivity index (χ2v) is 2.67. The average Bonchev–Trinajstić information content (AvgIpc) is 2.14. The number of allylic oxidation sites excluding steroid dienone is 2. The molecule has 0 atom stereocenters. The summed E-state index contributed by atoms with van der Waals surface area (Å²) in [6, 6.07) is 0. The number of ketones is 1. The van der Waals surface area contributed by atoms with Crippen molar-refractivity contribution >= 4 is 11.7 Å². The van der Waals surface area contributed by atoms with E-state index in [0.717, 1.165) is 0 Å². The van der Waals surface area contributed by atoms with Gasteiger partial charge in [-0.15, -0.1) is 6.58 Å². The maximum absolute atomic E-state index is 11.3. The first-order valence-electron chi connectivity index (χ1n) is 4.04. The second kappa shape index (κ2) is 4.40. The van der Waals surface area contributed by atoms with E-state index in [1.807, 2.05) is 0 Å². The Balaban J connectivity index is 2.60. The SMILES string of the molecule is C=CCNC(=O)C1=CC(=O)CC=C1. The van der Waals surface area contributed by atoms with Gasteiger partial charge >= 0.3 is 0 Å². The fraction of sp³-hybridized carbons (Fsp3) is 0.200. The van der Waals surface area contributed by atoms with Gasteiger partial charge in [-0.2, -0.15) is 0 Å². The Kier molecular flexibility index (Phi) is 3.20. The van der Waals surface area contributed by atoms with Gasteiger partial charge in [0.25, 0.3) is 5.91 Å². The van der Waals surface area contributed by atoms with Crippen LogP contribution in [0, 0.1) is 0 Å². The van der Waals surface area contributed by atoms with Crippen LogP contribution in [0.15, 0.2) is 36.5 Å². The summed E-state index contributed by atoms with van der Waals surface area (Å²) in [6.07, 6.45) is 6.68. The number of hydrogen-bond donors (Lipinski definition) is 1. The Labute approximate surface area is 76.8 Å². The van der Waals surface area contributed by atoms with Crippen LogP contribution in [0.5, 0.6) is 0 Å². The predicted octanol–water partition coefficient (Wildman–Crippen LogP) is 0.744. The topological polar surface area (TPSA) is 46.2 Å². The van der Waals surface area contributed by atoms with E-state index < -0.39 is 0 Å². The third-order valence-corrected chi connectivity index (χ3v) is 1.60. The molecule has 0 heterocycles. The molecule has 0 radical (unpaired) electrons.